The Hall–Kier alpha value is -3.32. The normalized spacial score (nSPS) is 12.1. The lowest BCUT2D eigenvalue weighted by molar-refractivity contribution is -0.122. The molecule has 3 aromatic rings. The number of amides is 1. The smallest absolute Gasteiger partial charge is 0.243 e. The summed E-state index contributed by atoms with van der Waals surface area (Å²) in [5, 5.41) is 2.92. The van der Waals surface area contributed by atoms with Crippen molar-refractivity contribution in [1.82, 2.24) is 5.32 Å². The van der Waals surface area contributed by atoms with Crippen molar-refractivity contribution in [2.45, 2.75) is 46.2 Å². The van der Waals surface area contributed by atoms with Crippen molar-refractivity contribution in [1.29, 1.82) is 0 Å². The Labute approximate surface area is 202 Å². The Morgan fingerprint density at radius 2 is 1.56 bits per heavy atom. The van der Waals surface area contributed by atoms with Gasteiger partial charge in [-0.05, 0) is 72.9 Å². The van der Waals surface area contributed by atoms with E-state index in [1.54, 1.807) is 31.2 Å². The quantitative estimate of drug-likeness (QED) is 0.439. The first-order valence-electron chi connectivity index (χ1n) is 11.4. The number of carbonyl (C=O) groups is 1. The van der Waals surface area contributed by atoms with Gasteiger partial charge in [0.2, 0.25) is 15.9 Å². The minimum absolute atomic E-state index is 0.349. The van der Waals surface area contributed by atoms with Crippen LogP contribution in [0.3, 0.4) is 0 Å². The van der Waals surface area contributed by atoms with Crippen LogP contribution in [0.2, 0.25) is 0 Å². The van der Waals surface area contributed by atoms with Crippen LogP contribution >= 0.6 is 0 Å². The molecule has 0 unspecified atom stereocenters. The number of aryl methyl sites for hydroxylation is 2. The van der Waals surface area contributed by atoms with E-state index in [0.29, 0.717) is 23.7 Å². The van der Waals surface area contributed by atoms with E-state index in [1.165, 1.54) is 11.1 Å². The zero-order valence-corrected chi connectivity index (χ0v) is 20.9. The summed E-state index contributed by atoms with van der Waals surface area (Å²) in [7, 11) is -3.71. The van der Waals surface area contributed by atoms with Crippen LogP contribution in [0.25, 0.3) is 0 Å². The van der Waals surface area contributed by atoms with E-state index >= 15 is 0 Å². The van der Waals surface area contributed by atoms with Gasteiger partial charge in [0.25, 0.3) is 0 Å². The SMILES string of the molecule is CCc1ccc(CC)c(CNC(=O)[C@@H](C)N(c2ccc(Oc3ccccc3)cc2)S(C)(=O)=O)c1. The van der Waals surface area contributed by atoms with Crippen LogP contribution in [-0.4, -0.2) is 26.6 Å². The summed E-state index contributed by atoms with van der Waals surface area (Å²) in [4.78, 5) is 13.0. The minimum Gasteiger partial charge on any atom is -0.457 e. The standard InChI is InChI=1S/C27H32N2O4S/c1-5-21-12-13-22(6-2)23(18-21)19-28-27(30)20(3)29(34(4,31)32)24-14-16-26(17-15-24)33-25-10-8-7-9-11-25/h7-18,20H,5-6,19H2,1-4H3,(H,28,30)/t20-/m1/s1. The maximum atomic E-state index is 13.0. The third-order valence-electron chi connectivity index (χ3n) is 5.67. The van der Waals surface area contributed by atoms with Crippen molar-refractivity contribution in [2.75, 3.05) is 10.6 Å². The van der Waals surface area contributed by atoms with Crippen LogP contribution in [-0.2, 0) is 34.2 Å². The molecule has 3 rings (SSSR count). The molecule has 1 N–H and O–H groups in total. The zero-order chi connectivity index (χ0) is 24.7. The maximum absolute atomic E-state index is 13.0. The molecule has 6 nitrogen and oxygen atoms in total. The van der Waals surface area contributed by atoms with E-state index < -0.39 is 16.1 Å². The fourth-order valence-electron chi connectivity index (χ4n) is 3.83. The Kier molecular flexibility index (Phi) is 8.34. The summed E-state index contributed by atoms with van der Waals surface area (Å²) in [5.41, 5.74) is 3.81. The number of hydrogen-bond acceptors (Lipinski definition) is 4. The predicted molar refractivity (Wildman–Crippen MR) is 137 cm³/mol. The van der Waals surface area contributed by atoms with Gasteiger partial charge in [-0.15, -0.1) is 0 Å². The second kappa shape index (κ2) is 11.2. The van der Waals surface area contributed by atoms with Crippen molar-refractivity contribution >= 4 is 21.6 Å². The first kappa shape index (κ1) is 25.3. The van der Waals surface area contributed by atoms with Crippen molar-refractivity contribution in [3.8, 4) is 11.5 Å². The molecule has 1 amide bonds. The fraction of sp³-hybridized carbons (Fsp3) is 0.296. The van der Waals surface area contributed by atoms with Gasteiger partial charge in [0.05, 0.1) is 11.9 Å². The van der Waals surface area contributed by atoms with Crippen LogP contribution < -0.4 is 14.4 Å². The number of nitrogens with one attached hydrogen (secondary N) is 1. The number of sulfonamides is 1. The summed E-state index contributed by atoms with van der Waals surface area (Å²) < 4.78 is 32.2. The van der Waals surface area contributed by atoms with Gasteiger partial charge in [0.1, 0.15) is 17.5 Å². The Bertz CT molecular complexity index is 1210. The molecule has 0 aliphatic rings. The van der Waals surface area contributed by atoms with Gasteiger partial charge < -0.3 is 10.1 Å². The molecule has 0 aliphatic heterocycles. The third kappa shape index (κ3) is 6.38. The molecule has 0 saturated heterocycles. The molecular weight excluding hydrogens is 448 g/mol. The first-order chi connectivity index (χ1) is 16.2. The van der Waals surface area contributed by atoms with Gasteiger partial charge in [-0.2, -0.15) is 0 Å². The largest absolute Gasteiger partial charge is 0.457 e. The molecule has 180 valence electrons. The molecule has 0 radical (unpaired) electrons. The monoisotopic (exact) mass is 480 g/mol. The summed E-state index contributed by atoms with van der Waals surface area (Å²) in [6.45, 7) is 6.10. The molecule has 34 heavy (non-hydrogen) atoms. The highest BCUT2D eigenvalue weighted by molar-refractivity contribution is 7.92. The molecule has 0 spiro atoms. The van der Waals surface area contributed by atoms with Crippen LogP contribution in [0.15, 0.2) is 72.8 Å². The van der Waals surface area contributed by atoms with E-state index in [-0.39, 0.29) is 5.91 Å². The maximum Gasteiger partial charge on any atom is 0.243 e. The van der Waals surface area contributed by atoms with Gasteiger partial charge in [0, 0.05) is 6.54 Å². The third-order valence-corrected chi connectivity index (χ3v) is 6.91. The second-order valence-corrected chi connectivity index (χ2v) is 10.0. The summed E-state index contributed by atoms with van der Waals surface area (Å²) >= 11 is 0. The number of hydrogen-bond donors (Lipinski definition) is 1. The molecule has 0 aromatic heterocycles. The average molecular weight is 481 g/mol. The fourth-order valence-corrected chi connectivity index (χ4v) is 5.01. The van der Waals surface area contributed by atoms with Crippen molar-refractivity contribution < 1.29 is 17.9 Å². The van der Waals surface area contributed by atoms with Crippen LogP contribution in [0.4, 0.5) is 5.69 Å². The van der Waals surface area contributed by atoms with E-state index in [9.17, 15) is 13.2 Å². The number of rotatable bonds is 10. The van der Waals surface area contributed by atoms with Crippen molar-refractivity contribution in [2.24, 2.45) is 0 Å². The average Bonchev–Trinajstić information content (AvgIpc) is 2.83. The summed E-state index contributed by atoms with van der Waals surface area (Å²) in [6, 6.07) is 21.3. The topological polar surface area (TPSA) is 75.7 Å². The molecule has 0 fully saturated rings. The molecule has 0 saturated carbocycles. The number of anilines is 1. The van der Waals surface area contributed by atoms with E-state index in [4.69, 9.17) is 4.74 Å². The Balaban J connectivity index is 1.75. The molecular formula is C27H32N2O4S. The predicted octanol–water partition coefficient (Wildman–Crippen LogP) is 5.07. The minimum atomic E-state index is -3.71. The highest BCUT2D eigenvalue weighted by Gasteiger charge is 2.29. The number of benzene rings is 3. The number of nitrogens with zero attached hydrogens (tertiary/aromatic N) is 1. The van der Waals surface area contributed by atoms with Crippen LogP contribution in [0.1, 0.15) is 37.5 Å². The highest BCUT2D eigenvalue weighted by Crippen LogP contribution is 2.27. The van der Waals surface area contributed by atoms with Crippen molar-refractivity contribution in [3.63, 3.8) is 0 Å². The number of carbonyl (C=O) groups excluding carboxylic acids is 1. The van der Waals surface area contributed by atoms with Gasteiger partial charge in [-0.1, -0.05) is 50.2 Å². The lowest BCUT2D eigenvalue weighted by Crippen LogP contribution is -2.47. The molecule has 0 aliphatic carbocycles. The van der Waals surface area contributed by atoms with Crippen LogP contribution in [0, 0.1) is 0 Å². The molecule has 0 heterocycles. The highest BCUT2D eigenvalue weighted by atomic mass is 32.2. The molecule has 7 heteroatoms. The summed E-state index contributed by atoms with van der Waals surface area (Å²) in [6.07, 6.45) is 2.87. The Morgan fingerprint density at radius 3 is 2.15 bits per heavy atom. The van der Waals surface area contributed by atoms with Gasteiger partial charge in [0.15, 0.2) is 0 Å². The summed E-state index contributed by atoms with van der Waals surface area (Å²) in [5.74, 6) is 0.893. The lowest BCUT2D eigenvalue weighted by atomic mass is 10.0. The number of para-hydroxylation sites is 1. The van der Waals surface area contributed by atoms with E-state index in [2.05, 4.69) is 37.4 Å². The van der Waals surface area contributed by atoms with Crippen molar-refractivity contribution in [3.05, 3.63) is 89.5 Å². The van der Waals surface area contributed by atoms with Crippen LogP contribution in [0.5, 0.6) is 11.5 Å². The van der Waals surface area contributed by atoms with E-state index in [0.717, 1.165) is 29.0 Å². The van der Waals surface area contributed by atoms with E-state index in [1.807, 2.05) is 30.3 Å². The lowest BCUT2D eigenvalue weighted by Gasteiger charge is -2.28. The van der Waals surface area contributed by atoms with Gasteiger partial charge >= 0.3 is 0 Å². The van der Waals surface area contributed by atoms with Gasteiger partial charge in [-0.3, -0.25) is 9.10 Å². The second-order valence-electron chi connectivity index (χ2n) is 8.17. The first-order valence-corrected chi connectivity index (χ1v) is 13.3. The molecule has 1 atom stereocenters. The molecule has 0 bridgehead atoms. The number of ether oxygens (including phenoxy) is 1. The zero-order valence-electron chi connectivity index (χ0n) is 20.1. The Morgan fingerprint density at radius 1 is 0.912 bits per heavy atom. The van der Waals surface area contributed by atoms with Gasteiger partial charge in [-0.25, -0.2) is 8.42 Å². The molecule has 3 aromatic carbocycles.